The van der Waals surface area contributed by atoms with Gasteiger partial charge in [0.1, 0.15) is 0 Å². The van der Waals surface area contributed by atoms with Crippen LogP contribution in [-0.4, -0.2) is 43.1 Å². The number of hydrogen-bond donors (Lipinski definition) is 1. The molecule has 1 heterocycles. The van der Waals surface area contributed by atoms with Crippen molar-refractivity contribution in [2.75, 3.05) is 33.2 Å². The van der Waals surface area contributed by atoms with Gasteiger partial charge in [-0.25, -0.2) is 0 Å². The molecule has 17 heavy (non-hydrogen) atoms. The molecule has 0 bridgehead atoms. The third-order valence-corrected chi connectivity index (χ3v) is 2.65. The molecular formula is C14H23N3. The van der Waals surface area contributed by atoms with Crippen molar-refractivity contribution in [3.63, 3.8) is 0 Å². The Bertz CT molecular complexity index is 321. The molecule has 0 saturated carbocycles. The lowest BCUT2D eigenvalue weighted by molar-refractivity contribution is 0.364. The van der Waals surface area contributed by atoms with Gasteiger partial charge in [-0.05, 0) is 43.3 Å². The maximum atomic E-state index is 4.07. The number of pyridine rings is 1. The van der Waals surface area contributed by atoms with E-state index in [1.807, 2.05) is 12.4 Å². The van der Waals surface area contributed by atoms with Gasteiger partial charge in [-0.2, -0.15) is 0 Å². The lowest BCUT2D eigenvalue weighted by Gasteiger charge is -2.18. The zero-order valence-electron chi connectivity index (χ0n) is 10.9. The van der Waals surface area contributed by atoms with Gasteiger partial charge >= 0.3 is 0 Å². The molecule has 0 aliphatic heterocycles. The van der Waals surface area contributed by atoms with Crippen molar-refractivity contribution in [3.8, 4) is 0 Å². The van der Waals surface area contributed by atoms with Crippen molar-refractivity contribution in [1.82, 2.24) is 15.2 Å². The number of likely N-dealkylation sites (N-methyl/N-ethyl adjacent to an activating group) is 2. The maximum absolute atomic E-state index is 4.07. The van der Waals surface area contributed by atoms with Crippen LogP contribution in [0.25, 0.3) is 0 Å². The second-order valence-electron chi connectivity index (χ2n) is 4.37. The van der Waals surface area contributed by atoms with Gasteiger partial charge in [0.15, 0.2) is 0 Å². The number of aromatic nitrogens is 1. The lowest BCUT2D eigenvalue weighted by atomic mass is 10.2. The average Bonchev–Trinajstić information content (AvgIpc) is 2.35. The Hall–Kier alpha value is -1.19. The highest BCUT2D eigenvalue weighted by atomic mass is 15.1. The zero-order chi connectivity index (χ0) is 12.5. The lowest BCUT2D eigenvalue weighted by Crippen LogP contribution is -2.27. The summed E-state index contributed by atoms with van der Waals surface area (Å²) in [6, 6.07) is 4.14. The summed E-state index contributed by atoms with van der Waals surface area (Å²) in [5.74, 6) is 0. The predicted octanol–water partition coefficient (Wildman–Crippen LogP) is 1.72. The summed E-state index contributed by atoms with van der Waals surface area (Å²) >= 11 is 0. The highest BCUT2D eigenvalue weighted by Gasteiger charge is 2.01. The molecule has 0 fully saturated rings. The first kappa shape index (κ1) is 13.9. The first-order valence-corrected chi connectivity index (χ1v) is 6.17. The molecule has 0 aliphatic rings. The Labute approximate surface area is 105 Å². The van der Waals surface area contributed by atoms with E-state index in [4.69, 9.17) is 0 Å². The van der Waals surface area contributed by atoms with E-state index >= 15 is 0 Å². The third-order valence-electron chi connectivity index (χ3n) is 2.65. The molecule has 1 N–H and O–H groups in total. The molecule has 0 atom stereocenters. The van der Waals surface area contributed by atoms with Crippen LogP contribution in [0.3, 0.4) is 0 Å². The molecule has 3 heteroatoms. The largest absolute Gasteiger partial charge is 0.313 e. The Morgan fingerprint density at radius 2 is 2.12 bits per heavy atom. The fraction of sp³-hybridized carbons (Fsp3) is 0.500. The fourth-order valence-corrected chi connectivity index (χ4v) is 1.69. The molecule has 1 rings (SSSR count). The van der Waals surface area contributed by atoms with E-state index in [0.29, 0.717) is 0 Å². The first-order chi connectivity index (χ1) is 8.22. The summed E-state index contributed by atoms with van der Waals surface area (Å²) in [5, 5.41) is 3.29. The second-order valence-corrected chi connectivity index (χ2v) is 4.37. The Morgan fingerprint density at radius 3 is 2.76 bits per heavy atom. The van der Waals surface area contributed by atoms with Gasteiger partial charge in [-0.15, -0.1) is 0 Å². The Kier molecular flexibility index (Phi) is 6.51. The van der Waals surface area contributed by atoms with Crippen LogP contribution in [0.4, 0.5) is 0 Å². The van der Waals surface area contributed by atoms with E-state index in [1.54, 1.807) is 0 Å². The molecule has 3 nitrogen and oxygen atoms in total. The van der Waals surface area contributed by atoms with Gasteiger partial charge < -0.3 is 10.2 Å². The van der Waals surface area contributed by atoms with E-state index in [0.717, 1.165) is 32.6 Å². The summed E-state index contributed by atoms with van der Waals surface area (Å²) in [6.45, 7) is 10.1. The topological polar surface area (TPSA) is 28.2 Å². The Balaban J connectivity index is 2.21. The standard InChI is InChI=1S/C14H23N3/c1-4-15-11-13(2)12-17(3)10-7-14-5-8-16-9-6-14/h5-6,8-9,15H,2,4,7,10-12H2,1,3H3. The second kappa shape index (κ2) is 7.98. The minimum Gasteiger partial charge on any atom is -0.313 e. The summed E-state index contributed by atoms with van der Waals surface area (Å²) < 4.78 is 0. The van der Waals surface area contributed by atoms with Crippen LogP contribution < -0.4 is 5.32 Å². The van der Waals surface area contributed by atoms with Gasteiger partial charge in [-0.3, -0.25) is 4.98 Å². The van der Waals surface area contributed by atoms with Crippen molar-refractivity contribution in [2.45, 2.75) is 13.3 Å². The highest BCUT2D eigenvalue weighted by Crippen LogP contribution is 2.00. The van der Waals surface area contributed by atoms with Gasteiger partial charge in [0, 0.05) is 32.0 Å². The Morgan fingerprint density at radius 1 is 1.41 bits per heavy atom. The monoisotopic (exact) mass is 233 g/mol. The molecule has 0 saturated heterocycles. The van der Waals surface area contributed by atoms with Crippen molar-refractivity contribution >= 4 is 0 Å². The van der Waals surface area contributed by atoms with Crippen LogP contribution in [0.5, 0.6) is 0 Å². The number of nitrogens with zero attached hydrogens (tertiary/aromatic N) is 2. The summed E-state index contributed by atoms with van der Waals surface area (Å²) in [4.78, 5) is 6.32. The summed E-state index contributed by atoms with van der Waals surface area (Å²) in [6.07, 6.45) is 4.76. The third kappa shape index (κ3) is 6.19. The SMILES string of the molecule is C=C(CNCC)CN(C)CCc1ccncc1. The van der Waals surface area contributed by atoms with Crippen LogP contribution in [0.1, 0.15) is 12.5 Å². The van der Waals surface area contributed by atoms with Crippen molar-refractivity contribution < 1.29 is 0 Å². The number of rotatable bonds is 8. The molecule has 0 spiro atoms. The molecule has 0 aliphatic carbocycles. The van der Waals surface area contributed by atoms with Gasteiger partial charge in [-0.1, -0.05) is 13.5 Å². The van der Waals surface area contributed by atoms with E-state index in [-0.39, 0.29) is 0 Å². The molecule has 0 aromatic carbocycles. The molecule has 1 aromatic heterocycles. The van der Waals surface area contributed by atoms with Crippen molar-refractivity contribution in [2.24, 2.45) is 0 Å². The minimum absolute atomic E-state index is 0.913. The van der Waals surface area contributed by atoms with Gasteiger partial charge in [0.05, 0.1) is 0 Å². The zero-order valence-corrected chi connectivity index (χ0v) is 10.9. The van der Waals surface area contributed by atoms with E-state index in [1.165, 1.54) is 11.1 Å². The quantitative estimate of drug-likeness (QED) is 0.693. The minimum atomic E-state index is 0.913. The van der Waals surface area contributed by atoms with Crippen LogP contribution in [0.2, 0.25) is 0 Å². The number of hydrogen-bond acceptors (Lipinski definition) is 3. The smallest absolute Gasteiger partial charge is 0.0270 e. The number of nitrogens with one attached hydrogen (secondary N) is 1. The van der Waals surface area contributed by atoms with Crippen LogP contribution in [-0.2, 0) is 6.42 Å². The van der Waals surface area contributed by atoms with E-state index < -0.39 is 0 Å². The highest BCUT2D eigenvalue weighted by molar-refractivity contribution is 5.10. The maximum Gasteiger partial charge on any atom is 0.0270 e. The van der Waals surface area contributed by atoms with E-state index in [9.17, 15) is 0 Å². The molecule has 1 aromatic rings. The van der Waals surface area contributed by atoms with Crippen LogP contribution in [0.15, 0.2) is 36.7 Å². The van der Waals surface area contributed by atoms with Crippen molar-refractivity contribution in [1.29, 1.82) is 0 Å². The van der Waals surface area contributed by atoms with E-state index in [2.05, 4.69) is 47.9 Å². The first-order valence-electron chi connectivity index (χ1n) is 6.17. The summed E-state index contributed by atoms with van der Waals surface area (Å²) in [5.41, 5.74) is 2.58. The molecule has 94 valence electrons. The normalized spacial score (nSPS) is 10.8. The van der Waals surface area contributed by atoms with Crippen LogP contribution in [0, 0.1) is 0 Å². The van der Waals surface area contributed by atoms with Crippen molar-refractivity contribution in [3.05, 3.63) is 42.2 Å². The van der Waals surface area contributed by atoms with Gasteiger partial charge in [0.25, 0.3) is 0 Å². The molecule has 0 radical (unpaired) electrons. The molecule has 0 amide bonds. The average molecular weight is 233 g/mol. The molecule has 0 unspecified atom stereocenters. The molecular weight excluding hydrogens is 210 g/mol. The fourth-order valence-electron chi connectivity index (χ4n) is 1.69. The van der Waals surface area contributed by atoms with Crippen LogP contribution >= 0.6 is 0 Å². The summed E-state index contributed by atoms with van der Waals surface area (Å²) in [7, 11) is 2.14. The van der Waals surface area contributed by atoms with Gasteiger partial charge in [0.2, 0.25) is 0 Å². The predicted molar refractivity (Wildman–Crippen MR) is 73.1 cm³/mol.